The van der Waals surface area contributed by atoms with Crippen LogP contribution in [0.25, 0.3) is 5.65 Å². The van der Waals surface area contributed by atoms with Crippen LogP contribution in [-0.4, -0.2) is 57.7 Å². The number of aryl methyl sites for hydroxylation is 1. The number of hydrogen-bond acceptors (Lipinski definition) is 5. The van der Waals surface area contributed by atoms with Crippen LogP contribution in [0.2, 0.25) is 0 Å². The van der Waals surface area contributed by atoms with Crippen molar-refractivity contribution in [3.8, 4) is 0 Å². The van der Waals surface area contributed by atoms with E-state index in [-0.39, 0.29) is 19.1 Å². The molecule has 2 aromatic rings. The van der Waals surface area contributed by atoms with Gasteiger partial charge in [0.15, 0.2) is 6.10 Å². The van der Waals surface area contributed by atoms with E-state index in [0.717, 1.165) is 16.9 Å². The number of aromatic nitrogens is 2. The lowest BCUT2D eigenvalue weighted by atomic mass is 10.0. The van der Waals surface area contributed by atoms with E-state index in [1.54, 1.807) is 6.20 Å². The van der Waals surface area contributed by atoms with Crippen LogP contribution in [0.1, 0.15) is 45.9 Å². The molecule has 29 heavy (non-hydrogen) atoms. The van der Waals surface area contributed by atoms with Crippen LogP contribution in [0.15, 0.2) is 24.5 Å². The molecule has 1 N–H and O–H groups in total. The first-order chi connectivity index (χ1) is 13.5. The van der Waals surface area contributed by atoms with Gasteiger partial charge in [-0.2, -0.15) is 0 Å². The highest BCUT2D eigenvalue weighted by atomic mass is 16.6. The number of nitrogens with one attached hydrogen (secondary N) is 1. The van der Waals surface area contributed by atoms with Crippen LogP contribution < -0.4 is 5.32 Å². The Morgan fingerprint density at radius 1 is 1.28 bits per heavy atom. The van der Waals surface area contributed by atoms with Crippen molar-refractivity contribution in [1.29, 1.82) is 0 Å². The van der Waals surface area contributed by atoms with Crippen molar-refractivity contribution in [3.05, 3.63) is 35.8 Å². The number of nitrogens with zero attached hydrogens (tertiary/aromatic N) is 3. The summed E-state index contributed by atoms with van der Waals surface area (Å²) in [6, 6.07) is 3.95. The van der Waals surface area contributed by atoms with Crippen molar-refractivity contribution in [2.45, 2.75) is 58.8 Å². The Labute approximate surface area is 171 Å². The van der Waals surface area contributed by atoms with E-state index in [2.05, 4.69) is 10.3 Å². The van der Waals surface area contributed by atoms with E-state index in [1.165, 1.54) is 4.90 Å². The number of fused-ring (bicyclic) bond motifs is 1. The number of carbonyl (C=O) groups is 2. The third-order valence-electron chi connectivity index (χ3n) is 4.82. The summed E-state index contributed by atoms with van der Waals surface area (Å²) in [5.74, 6) is -0.272. The van der Waals surface area contributed by atoms with Gasteiger partial charge in [-0.1, -0.05) is 6.07 Å². The fraction of sp³-hybridized carbons (Fsp3) is 0.571. The lowest BCUT2D eigenvalue weighted by Crippen LogP contribution is -2.55. The molecule has 0 spiro atoms. The average molecular weight is 402 g/mol. The SMILES string of the molecule is Cc1cccn2c(C(C)(C)NC(=O)[C@@H]3CN(C(=O)OC(C)(C)C)CCO3)cnc12. The molecule has 0 radical (unpaired) electrons. The van der Waals surface area contributed by atoms with Gasteiger partial charge in [-0.15, -0.1) is 0 Å². The molecule has 1 aliphatic heterocycles. The lowest BCUT2D eigenvalue weighted by molar-refractivity contribution is -0.139. The van der Waals surface area contributed by atoms with Gasteiger partial charge < -0.3 is 24.1 Å². The molecule has 1 atom stereocenters. The van der Waals surface area contributed by atoms with Gasteiger partial charge in [-0.05, 0) is 53.2 Å². The molecule has 0 saturated carbocycles. The molecule has 0 aliphatic carbocycles. The second-order valence-electron chi connectivity index (χ2n) is 8.93. The maximum absolute atomic E-state index is 12.9. The molecule has 1 aliphatic rings. The van der Waals surface area contributed by atoms with Crippen LogP contribution in [0, 0.1) is 6.92 Å². The van der Waals surface area contributed by atoms with Gasteiger partial charge in [0, 0.05) is 12.7 Å². The Morgan fingerprint density at radius 3 is 2.69 bits per heavy atom. The van der Waals surface area contributed by atoms with Gasteiger partial charge in [0.05, 0.1) is 30.6 Å². The van der Waals surface area contributed by atoms with Crippen LogP contribution in [0.4, 0.5) is 4.79 Å². The minimum atomic E-state index is -0.753. The molecule has 1 fully saturated rings. The normalized spacial score (nSPS) is 18.0. The Morgan fingerprint density at radius 2 is 2.00 bits per heavy atom. The van der Waals surface area contributed by atoms with Crippen molar-refractivity contribution in [1.82, 2.24) is 19.6 Å². The number of pyridine rings is 1. The highest BCUT2D eigenvalue weighted by molar-refractivity contribution is 5.83. The monoisotopic (exact) mass is 402 g/mol. The predicted octanol–water partition coefficient (Wildman–Crippen LogP) is 2.63. The summed E-state index contributed by atoms with van der Waals surface area (Å²) >= 11 is 0. The second-order valence-corrected chi connectivity index (χ2v) is 8.93. The third kappa shape index (κ3) is 4.70. The first-order valence-corrected chi connectivity index (χ1v) is 9.83. The van der Waals surface area contributed by atoms with Crippen molar-refractivity contribution in [2.24, 2.45) is 0 Å². The molecule has 2 aromatic heterocycles. The smallest absolute Gasteiger partial charge is 0.410 e. The minimum absolute atomic E-state index is 0.156. The number of rotatable bonds is 3. The van der Waals surface area contributed by atoms with E-state index < -0.39 is 23.3 Å². The summed E-state index contributed by atoms with van der Waals surface area (Å²) in [4.78, 5) is 31.3. The largest absolute Gasteiger partial charge is 0.444 e. The topological polar surface area (TPSA) is 85.2 Å². The second kappa shape index (κ2) is 7.67. The predicted molar refractivity (Wildman–Crippen MR) is 109 cm³/mol. The molecule has 0 bridgehead atoms. The first kappa shape index (κ1) is 21.1. The summed E-state index contributed by atoms with van der Waals surface area (Å²) in [7, 11) is 0. The Kier molecular flexibility index (Phi) is 5.58. The molecular weight excluding hydrogens is 372 g/mol. The highest BCUT2D eigenvalue weighted by Gasteiger charge is 2.35. The quantitative estimate of drug-likeness (QED) is 0.853. The summed E-state index contributed by atoms with van der Waals surface area (Å²) < 4.78 is 13.0. The Hall–Kier alpha value is -2.61. The van der Waals surface area contributed by atoms with Crippen molar-refractivity contribution < 1.29 is 19.1 Å². The Bertz CT molecular complexity index is 913. The third-order valence-corrected chi connectivity index (χ3v) is 4.82. The highest BCUT2D eigenvalue weighted by Crippen LogP contribution is 2.23. The zero-order valence-electron chi connectivity index (χ0n) is 18.0. The summed E-state index contributed by atoms with van der Waals surface area (Å²) in [5, 5.41) is 3.04. The Balaban J connectivity index is 1.71. The zero-order valence-corrected chi connectivity index (χ0v) is 18.0. The number of imidazole rings is 1. The van der Waals surface area contributed by atoms with Crippen molar-refractivity contribution >= 4 is 17.6 Å². The molecule has 8 heteroatoms. The fourth-order valence-electron chi connectivity index (χ4n) is 3.37. The summed E-state index contributed by atoms with van der Waals surface area (Å²) in [6.07, 6.45) is 2.52. The molecular formula is C21H30N4O4. The molecule has 158 valence electrons. The van der Waals surface area contributed by atoms with E-state index in [1.807, 2.05) is 64.3 Å². The number of hydrogen-bond donors (Lipinski definition) is 1. The van der Waals surface area contributed by atoms with Gasteiger partial charge in [0.1, 0.15) is 11.2 Å². The van der Waals surface area contributed by atoms with E-state index in [0.29, 0.717) is 6.54 Å². The zero-order chi connectivity index (χ0) is 21.4. The number of amides is 2. The number of carbonyl (C=O) groups excluding carboxylic acids is 2. The standard InChI is InChI=1S/C21H30N4O4/c1-14-8-7-9-25-16(12-22-17(14)25)21(5,6)23-18(26)15-13-24(10-11-28-15)19(27)29-20(2,3)4/h7-9,12,15H,10-11,13H2,1-6H3,(H,23,26)/t15-/m0/s1. The van der Waals surface area contributed by atoms with E-state index in [4.69, 9.17) is 9.47 Å². The summed E-state index contributed by atoms with van der Waals surface area (Å²) in [6.45, 7) is 12.1. The molecule has 1 saturated heterocycles. The van der Waals surface area contributed by atoms with E-state index in [9.17, 15) is 9.59 Å². The van der Waals surface area contributed by atoms with Gasteiger partial charge in [-0.3, -0.25) is 4.79 Å². The van der Waals surface area contributed by atoms with Gasteiger partial charge in [-0.25, -0.2) is 9.78 Å². The minimum Gasteiger partial charge on any atom is -0.444 e. The molecule has 0 aromatic carbocycles. The maximum atomic E-state index is 12.9. The van der Waals surface area contributed by atoms with Crippen LogP contribution in [0.5, 0.6) is 0 Å². The molecule has 3 rings (SSSR count). The lowest BCUT2D eigenvalue weighted by Gasteiger charge is -2.35. The van der Waals surface area contributed by atoms with E-state index >= 15 is 0 Å². The number of ether oxygens (including phenoxy) is 2. The van der Waals surface area contributed by atoms with Crippen molar-refractivity contribution in [3.63, 3.8) is 0 Å². The van der Waals surface area contributed by atoms with Gasteiger partial charge in [0.25, 0.3) is 5.91 Å². The molecule has 3 heterocycles. The van der Waals surface area contributed by atoms with Crippen LogP contribution in [-0.2, 0) is 19.8 Å². The summed E-state index contributed by atoms with van der Waals surface area (Å²) in [5.41, 5.74) is 1.52. The van der Waals surface area contributed by atoms with Crippen LogP contribution >= 0.6 is 0 Å². The molecule has 8 nitrogen and oxygen atoms in total. The maximum Gasteiger partial charge on any atom is 0.410 e. The molecule has 0 unspecified atom stereocenters. The van der Waals surface area contributed by atoms with Crippen LogP contribution in [0.3, 0.4) is 0 Å². The fourth-order valence-corrected chi connectivity index (χ4v) is 3.37. The average Bonchev–Trinajstić information content (AvgIpc) is 3.06. The first-order valence-electron chi connectivity index (χ1n) is 9.83. The number of morpholine rings is 1. The molecule has 2 amide bonds. The van der Waals surface area contributed by atoms with Gasteiger partial charge >= 0.3 is 6.09 Å². The van der Waals surface area contributed by atoms with Crippen molar-refractivity contribution in [2.75, 3.05) is 19.7 Å². The van der Waals surface area contributed by atoms with Gasteiger partial charge in [0.2, 0.25) is 0 Å².